The zero-order chi connectivity index (χ0) is 13.9. The lowest BCUT2D eigenvalue weighted by molar-refractivity contribution is -0.140. The van der Waals surface area contributed by atoms with Crippen molar-refractivity contribution in [1.29, 1.82) is 0 Å². The number of carboxylic acid groups (broad SMARTS) is 1. The first-order chi connectivity index (χ1) is 8.32. The van der Waals surface area contributed by atoms with Gasteiger partial charge in [0, 0.05) is 5.56 Å². The van der Waals surface area contributed by atoms with Crippen molar-refractivity contribution in [3.05, 3.63) is 35.1 Å². The Morgan fingerprint density at radius 2 is 1.94 bits per heavy atom. The van der Waals surface area contributed by atoms with Gasteiger partial charge >= 0.3 is 5.97 Å². The lowest BCUT2D eigenvalue weighted by Crippen LogP contribution is -2.44. The second kappa shape index (κ2) is 5.62. The minimum absolute atomic E-state index is 0.116. The Hall–Kier alpha value is -1.91. The Kier molecular flexibility index (Phi) is 4.42. The summed E-state index contributed by atoms with van der Waals surface area (Å²) < 4.78 is 13.3. The number of aliphatic carboxylic acids is 1. The molecule has 1 aromatic carbocycles. The highest BCUT2D eigenvalue weighted by atomic mass is 19.1. The van der Waals surface area contributed by atoms with E-state index in [9.17, 15) is 14.0 Å². The average molecular weight is 253 g/mol. The minimum Gasteiger partial charge on any atom is -0.480 e. The van der Waals surface area contributed by atoms with Crippen LogP contribution in [0.15, 0.2) is 18.2 Å². The molecule has 2 N–H and O–H groups in total. The number of carbonyl (C=O) groups is 2. The van der Waals surface area contributed by atoms with E-state index in [1.54, 1.807) is 20.8 Å². The van der Waals surface area contributed by atoms with Crippen molar-refractivity contribution in [1.82, 2.24) is 5.32 Å². The summed E-state index contributed by atoms with van der Waals surface area (Å²) >= 11 is 0. The molecule has 1 amide bonds. The summed E-state index contributed by atoms with van der Waals surface area (Å²) in [5.74, 6) is -2.43. The van der Waals surface area contributed by atoms with Crippen LogP contribution in [0.3, 0.4) is 0 Å². The number of halogens is 1. The van der Waals surface area contributed by atoms with Crippen LogP contribution in [-0.2, 0) is 4.79 Å². The summed E-state index contributed by atoms with van der Waals surface area (Å²) in [6.07, 6.45) is 0. The van der Waals surface area contributed by atoms with Crippen molar-refractivity contribution >= 4 is 11.9 Å². The maximum Gasteiger partial charge on any atom is 0.326 e. The molecule has 0 radical (unpaired) electrons. The van der Waals surface area contributed by atoms with Gasteiger partial charge in [-0.1, -0.05) is 19.9 Å². The van der Waals surface area contributed by atoms with Crippen molar-refractivity contribution in [3.63, 3.8) is 0 Å². The maximum absolute atomic E-state index is 13.3. The SMILES string of the molecule is Cc1ccc(C(=O)NC(C(=O)O)C(C)C)cc1F. The third-order valence-corrected chi connectivity index (χ3v) is 2.65. The number of carboxylic acids is 1. The van der Waals surface area contributed by atoms with Crippen molar-refractivity contribution in [2.24, 2.45) is 5.92 Å². The van der Waals surface area contributed by atoms with Gasteiger partial charge in [0.2, 0.25) is 0 Å². The molecule has 0 aromatic heterocycles. The van der Waals surface area contributed by atoms with Gasteiger partial charge in [0.25, 0.3) is 5.91 Å². The first-order valence-electron chi connectivity index (χ1n) is 5.62. The number of nitrogens with one attached hydrogen (secondary N) is 1. The Morgan fingerprint density at radius 1 is 1.33 bits per heavy atom. The standard InChI is InChI=1S/C13H16FNO3/c1-7(2)11(13(17)18)15-12(16)9-5-4-8(3)10(14)6-9/h4-7,11H,1-3H3,(H,15,16)(H,17,18). The predicted molar refractivity (Wildman–Crippen MR) is 64.9 cm³/mol. The molecule has 4 nitrogen and oxygen atoms in total. The molecule has 1 rings (SSSR count). The maximum atomic E-state index is 13.3. The van der Waals surface area contributed by atoms with Crippen LogP contribution in [0.4, 0.5) is 4.39 Å². The van der Waals surface area contributed by atoms with Crippen LogP contribution >= 0.6 is 0 Å². The fourth-order valence-corrected chi connectivity index (χ4v) is 1.47. The molecule has 0 aliphatic rings. The van der Waals surface area contributed by atoms with Crippen molar-refractivity contribution in [2.75, 3.05) is 0 Å². The van der Waals surface area contributed by atoms with E-state index in [4.69, 9.17) is 5.11 Å². The Morgan fingerprint density at radius 3 is 2.39 bits per heavy atom. The lowest BCUT2D eigenvalue weighted by atomic mass is 10.0. The molecule has 5 heteroatoms. The highest BCUT2D eigenvalue weighted by Crippen LogP contribution is 2.10. The van der Waals surface area contributed by atoms with E-state index in [-0.39, 0.29) is 11.5 Å². The van der Waals surface area contributed by atoms with Gasteiger partial charge in [-0.25, -0.2) is 9.18 Å². The normalized spacial score (nSPS) is 12.3. The van der Waals surface area contributed by atoms with Crippen LogP contribution in [0.5, 0.6) is 0 Å². The minimum atomic E-state index is -1.11. The zero-order valence-corrected chi connectivity index (χ0v) is 10.5. The summed E-state index contributed by atoms with van der Waals surface area (Å²) in [6, 6.07) is 3.06. The highest BCUT2D eigenvalue weighted by Gasteiger charge is 2.24. The van der Waals surface area contributed by atoms with Crippen LogP contribution in [-0.4, -0.2) is 23.0 Å². The van der Waals surface area contributed by atoms with Crippen molar-refractivity contribution < 1.29 is 19.1 Å². The van der Waals surface area contributed by atoms with Crippen LogP contribution in [0.1, 0.15) is 29.8 Å². The topological polar surface area (TPSA) is 66.4 Å². The van der Waals surface area contributed by atoms with E-state index < -0.39 is 23.7 Å². The van der Waals surface area contributed by atoms with Crippen LogP contribution < -0.4 is 5.32 Å². The van der Waals surface area contributed by atoms with Crippen molar-refractivity contribution in [3.8, 4) is 0 Å². The second-order valence-corrected chi connectivity index (χ2v) is 4.50. The van der Waals surface area contributed by atoms with Gasteiger partial charge in [0.15, 0.2) is 0 Å². The first-order valence-corrected chi connectivity index (χ1v) is 5.62. The zero-order valence-electron chi connectivity index (χ0n) is 10.5. The van der Waals surface area contributed by atoms with E-state index in [1.165, 1.54) is 12.1 Å². The Bertz CT molecular complexity index is 471. The molecular weight excluding hydrogens is 237 g/mol. The van der Waals surface area contributed by atoms with Gasteiger partial charge in [-0.05, 0) is 30.5 Å². The quantitative estimate of drug-likeness (QED) is 0.862. The van der Waals surface area contributed by atoms with Crippen molar-refractivity contribution in [2.45, 2.75) is 26.8 Å². The smallest absolute Gasteiger partial charge is 0.326 e. The number of hydrogen-bond acceptors (Lipinski definition) is 2. The van der Waals surface area contributed by atoms with Gasteiger partial charge < -0.3 is 10.4 Å². The molecule has 18 heavy (non-hydrogen) atoms. The summed E-state index contributed by atoms with van der Waals surface area (Å²) in [7, 11) is 0. The molecule has 0 fully saturated rings. The highest BCUT2D eigenvalue weighted by molar-refractivity contribution is 5.96. The predicted octanol–water partition coefficient (Wildman–Crippen LogP) is 1.97. The van der Waals surface area contributed by atoms with E-state index in [0.717, 1.165) is 6.07 Å². The summed E-state index contributed by atoms with van der Waals surface area (Å²) in [4.78, 5) is 22.7. The first kappa shape index (κ1) is 14.2. The van der Waals surface area contributed by atoms with Gasteiger partial charge in [-0.15, -0.1) is 0 Å². The molecule has 0 aliphatic carbocycles. The van der Waals surface area contributed by atoms with Crippen LogP contribution in [0, 0.1) is 18.7 Å². The molecule has 1 unspecified atom stereocenters. The molecule has 0 saturated carbocycles. The number of aryl methyl sites for hydroxylation is 1. The number of carbonyl (C=O) groups excluding carboxylic acids is 1. The lowest BCUT2D eigenvalue weighted by Gasteiger charge is -2.17. The number of rotatable bonds is 4. The van der Waals surface area contributed by atoms with E-state index >= 15 is 0 Å². The molecule has 0 heterocycles. The molecule has 98 valence electrons. The number of benzene rings is 1. The van der Waals surface area contributed by atoms with Crippen LogP contribution in [0.25, 0.3) is 0 Å². The van der Waals surface area contributed by atoms with E-state index in [2.05, 4.69) is 5.32 Å². The molecule has 0 saturated heterocycles. The molecule has 1 atom stereocenters. The number of hydrogen-bond donors (Lipinski definition) is 2. The van der Waals surface area contributed by atoms with E-state index in [0.29, 0.717) is 5.56 Å². The largest absolute Gasteiger partial charge is 0.480 e. The Labute approximate surface area is 105 Å². The summed E-state index contributed by atoms with van der Waals surface area (Å²) in [5, 5.41) is 11.3. The Balaban J connectivity index is 2.87. The number of amides is 1. The monoisotopic (exact) mass is 253 g/mol. The van der Waals surface area contributed by atoms with Gasteiger partial charge in [0.05, 0.1) is 0 Å². The second-order valence-electron chi connectivity index (χ2n) is 4.50. The molecule has 1 aromatic rings. The fourth-order valence-electron chi connectivity index (χ4n) is 1.47. The van der Waals surface area contributed by atoms with Gasteiger partial charge in [-0.3, -0.25) is 4.79 Å². The van der Waals surface area contributed by atoms with Gasteiger partial charge in [0.1, 0.15) is 11.9 Å². The molecular formula is C13H16FNO3. The third kappa shape index (κ3) is 3.29. The summed E-state index contributed by atoms with van der Waals surface area (Å²) in [5.41, 5.74) is 0.551. The molecule has 0 bridgehead atoms. The van der Waals surface area contributed by atoms with E-state index in [1.807, 2.05) is 0 Å². The summed E-state index contributed by atoms with van der Waals surface area (Å²) in [6.45, 7) is 4.97. The third-order valence-electron chi connectivity index (χ3n) is 2.65. The molecule has 0 aliphatic heterocycles. The average Bonchev–Trinajstić information content (AvgIpc) is 2.28. The molecule has 0 spiro atoms. The van der Waals surface area contributed by atoms with Crippen LogP contribution in [0.2, 0.25) is 0 Å². The van der Waals surface area contributed by atoms with Gasteiger partial charge in [-0.2, -0.15) is 0 Å². The fraction of sp³-hybridized carbons (Fsp3) is 0.385.